The van der Waals surface area contributed by atoms with Crippen LogP contribution in [-0.2, 0) is 7.05 Å². The van der Waals surface area contributed by atoms with Crippen LogP contribution in [-0.4, -0.2) is 4.57 Å². The number of aryl methyl sites for hydroxylation is 1. The van der Waals surface area contributed by atoms with Crippen LogP contribution in [0.5, 0.6) is 0 Å². The molecule has 0 aliphatic rings. The van der Waals surface area contributed by atoms with E-state index in [1.54, 1.807) is 11.6 Å². The summed E-state index contributed by atoms with van der Waals surface area (Å²) in [5.74, 6) is 0. The number of nitrogen functional groups attached to an aromatic ring is 1. The van der Waals surface area contributed by atoms with Crippen LogP contribution in [0.2, 0.25) is 0 Å². The van der Waals surface area contributed by atoms with Crippen molar-refractivity contribution < 1.29 is 0 Å². The lowest BCUT2D eigenvalue weighted by Crippen LogP contribution is -2.16. The van der Waals surface area contributed by atoms with Gasteiger partial charge in [-0.1, -0.05) is 18.2 Å². The molecule has 1 aromatic carbocycles. The summed E-state index contributed by atoms with van der Waals surface area (Å²) in [5.41, 5.74) is 7.05. The van der Waals surface area contributed by atoms with Gasteiger partial charge in [-0.3, -0.25) is 4.79 Å². The van der Waals surface area contributed by atoms with Gasteiger partial charge in [0.2, 0.25) is 0 Å². The van der Waals surface area contributed by atoms with Gasteiger partial charge in [-0.25, -0.2) is 0 Å². The Hall–Kier alpha value is -1.77. The van der Waals surface area contributed by atoms with Crippen molar-refractivity contribution in [2.45, 2.75) is 0 Å². The Labute approximate surface area is 75.4 Å². The quantitative estimate of drug-likeness (QED) is 0.650. The molecule has 0 bridgehead atoms. The molecule has 3 heteroatoms. The normalized spacial score (nSPS) is 10.5. The smallest absolute Gasteiger partial charge is 0.252 e. The minimum Gasteiger partial charge on any atom is -0.398 e. The van der Waals surface area contributed by atoms with Gasteiger partial charge >= 0.3 is 0 Å². The lowest BCUT2D eigenvalue weighted by atomic mass is 10.2. The molecule has 0 aliphatic carbocycles. The maximum absolute atomic E-state index is 11.3. The molecule has 0 saturated heterocycles. The highest BCUT2D eigenvalue weighted by Gasteiger charge is 2.01. The number of anilines is 1. The number of nitrogens with zero attached hydrogens (tertiary/aromatic N) is 1. The van der Waals surface area contributed by atoms with Gasteiger partial charge in [-0.2, -0.15) is 0 Å². The summed E-state index contributed by atoms with van der Waals surface area (Å²) in [5, 5.41) is 0.921. The number of hydrogen-bond acceptors (Lipinski definition) is 2. The molecule has 0 radical (unpaired) electrons. The average Bonchev–Trinajstić information content (AvgIpc) is 2.15. The van der Waals surface area contributed by atoms with Crippen molar-refractivity contribution in [3.8, 4) is 0 Å². The molecule has 2 N–H and O–H groups in total. The van der Waals surface area contributed by atoms with Gasteiger partial charge in [0.25, 0.3) is 5.56 Å². The molecule has 0 aliphatic heterocycles. The van der Waals surface area contributed by atoms with E-state index in [1.165, 1.54) is 6.07 Å². The molecular formula is C10H10N2O. The van der Waals surface area contributed by atoms with E-state index in [0.717, 1.165) is 10.9 Å². The van der Waals surface area contributed by atoms with E-state index >= 15 is 0 Å². The monoisotopic (exact) mass is 174 g/mol. The van der Waals surface area contributed by atoms with Crippen LogP contribution in [0.3, 0.4) is 0 Å². The summed E-state index contributed by atoms with van der Waals surface area (Å²) in [7, 11) is 1.74. The van der Waals surface area contributed by atoms with Crippen LogP contribution in [0.4, 0.5) is 5.69 Å². The molecule has 13 heavy (non-hydrogen) atoms. The molecule has 0 amide bonds. The standard InChI is InChI=1S/C10H10N2O/c1-12-9-5-3-2-4-7(9)8(11)6-10(12)13/h2-6H,11H2,1H3. The van der Waals surface area contributed by atoms with Crippen molar-refractivity contribution in [3.63, 3.8) is 0 Å². The Morgan fingerprint density at radius 1 is 1.31 bits per heavy atom. The van der Waals surface area contributed by atoms with Crippen molar-refractivity contribution in [2.24, 2.45) is 7.05 Å². The van der Waals surface area contributed by atoms with Crippen LogP contribution >= 0.6 is 0 Å². The van der Waals surface area contributed by atoms with Crippen LogP contribution in [0.15, 0.2) is 35.1 Å². The van der Waals surface area contributed by atoms with Crippen molar-refractivity contribution in [2.75, 3.05) is 5.73 Å². The molecule has 1 heterocycles. The lowest BCUT2D eigenvalue weighted by molar-refractivity contribution is 0.907. The number of nitrogens with two attached hydrogens (primary N) is 1. The van der Waals surface area contributed by atoms with Crippen LogP contribution in [0.1, 0.15) is 0 Å². The molecular weight excluding hydrogens is 164 g/mol. The summed E-state index contributed by atoms with van der Waals surface area (Å²) in [6.45, 7) is 0. The number of para-hydroxylation sites is 1. The van der Waals surface area contributed by atoms with E-state index in [9.17, 15) is 4.79 Å². The second-order valence-electron chi connectivity index (χ2n) is 3.01. The number of fused-ring (bicyclic) bond motifs is 1. The summed E-state index contributed by atoms with van der Waals surface area (Å²) in [4.78, 5) is 11.3. The minimum absolute atomic E-state index is 0.0730. The molecule has 2 rings (SSSR count). The number of rotatable bonds is 0. The maximum Gasteiger partial charge on any atom is 0.252 e. The zero-order valence-electron chi connectivity index (χ0n) is 7.32. The topological polar surface area (TPSA) is 48.0 Å². The van der Waals surface area contributed by atoms with E-state index in [1.807, 2.05) is 24.3 Å². The Morgan fingerprint density at radius 3 is 2.77 bits per heavy atom. The molecule has 0 fully saturated rings. The number of hydrogen-bond donors (Lipinski definition) is 1. The maximum atomic E-state index is 11.3. The number of aromatic nitrogens is 1. The predicted molar refractivity (Wildman–Crippen MR) is 53.6 cm³/mol. The third kappa shape index (κ3) is 1.09. The van der Waals surface area contributed by atoms with Crippen LogP contribution < -0.4 is 11.3 Å². The summed E-state index contributed by atoms with van der Waals surface area (Å²) in [6.07, 6.45) is 0. The second-order valence-corrected chi connectivity index (χ2v) is 3.01. The molecule has 1 aromatic heterocycles. The Balaban J connectivity index is 3.06. The Kier molecular flexibility index (Phi) is 1.59. The van der Waals surface area contributed by atoms with Gasteiger partial charge < -0.3 is 10.3 Å². The van der Waals surface area contributed by atoms with E-state index in [2.05, 4.69) is 0 Å². The first-order chi connectivity index (χ1) is 6.20. The number of pyridine rings is 1. The lowest BCUT2D eigenvalue weighted by Gasteiger charge is -2.05. The van der Waals surface area contributed by atoms with E-state index in [4.69, 9.17) is 5.73 Å². The molecule has 0 atom stereocenters. The third-order valence-electron chi connectivity index (χ3n) is 2.19. The van der Waals surface area contributed by atoms with Crippen LogP contribution in [0, 0.1) is 0 Å². The highest BCUT2D eigenvalue weighted by atomic mass is 16.1. The third-order valence-corrected chi connectivity index (χ3v) is 2.19. The molecule has 0 saturated carbocycles. The van der Waals surface area contributed by atoms with Gasteiger partial charge in [0, 0.05) is 24.2 Å². The summed E-state index contributed by atoms with van der Waals surface area (Å²) < 4.78 is 1.59. The van der Waals surface area contributed by atoms with Gasteiger partial charge in [-0.15, -0.1) is 0 Å². The average molecular weight is 174 g/mol. The molecule has 0 unspecified atom stereocenters. The highest BCUT2D eigenvalue weighted by molar-refractivity contribution is 5.89. The highest BCUT2D eigenvalue weighted by Crippen LogP contribution is 2.16. The van der Waals surface area contributed by atoms with Gasteiger partial charge in [0.05, 0.1) is 5.52 Å². The predicted octanol–water partition coefficient (Wildman–Crippen LogP) is 1.12. The zero-order valence-corrected chi connectivity index (χ0v) is 7.32. The van der Waals surface area contributed by atoms with E-state index in [0.29, 0.717) is 5.69 Å². The molecule has 3 nitrogen and oxygen atoms in total. The fraction of sp³-hybridized carbons (Fsp3) is 0.100. The summed E-state index contributed by atoms with van der Waals surface area (Å²) in [6, 6.07) is 9.03. The SMILES string of the molecule is Cn1c(=O)cc(N)c2ccccc21. The van der Waals surface area contributed by atoms with Gasteiger partial charge in [0.15, 0.2) is 0 Å². The van der Waals surface area contributed by atoms with Crippen LogP contribution in [0.25, 0.3) is 10.9 Å². The molecule has 66 valence electrons. The number of benzene rings is 1. The van der Waals surface area contributed by atoms with Gasteiger partial charge in [0.1, 0.15) is 0 Å². The second kappa shape index (κ2) is 2.62. The fourth-order valence-electron chi connectivity index (χ4n) is 1.44. The summed E-state index contributed by atoms with van der Waals surface area (Å²) >= 11 is 0. The Morgan fingerprint density at radius 2 is 2.00 bits per heavy atom. The first-order valence-corrected chi connectivity index (χ1v) is 4.04. The van der Waals surface area contributed by atoms with Gasteiger partial charge in [-0.05, 0) is 6.07 Å². The largest absolute Gasteiger partial charge is 0.398 e. The van der Waals surface area contributed by atoms with E-state index < -0.39 is 0 Å². The Bertz CT molecular complexity index is 514. The zero-order chi connectivity index (χ0) is 9.42. The molecule has 2 aromatic rings. The van der Waals surface area contributed by atoms with Crippen molar-refractivity contribution >= 4 is 16.6 Å². The minimum atomic E-state index is -0.0730. The first-order valence-electron chi connectivity index (χ1n) is 4.04. The fourth-order valence-corrected chi connectivity index (χ4v) is 1.44. The van der Waals surface area contributed by atoms with Crippen molar-refractivity contribution in [1.29, 1.82) is 0 Å². The van der Waals surface area contributed by atoms with Crippen molar-refractivity contribution in [1.82, 2.24) is 4.57 Å². The van der Waals surface area contributed by atoms with E-state index in [-0.39, 0.29) is 5.56 Å². The van der Waals surface area contributed by atoms with Crippen molar-refractivity contribution in [3.05, 3.63) is 40.7 Å². The first kappa shape index (κ1) is 7.86. The molecule has 0 spiro atoms.